The molecule has 18 heteroatoms. The van der Waals surface area contributed by atoms with Crippen LogP contribution in [0.3, 0.4) is 0 Å². The van der Waals surface area contributed by atoms with Crippen molar-refractivity contribution in [2.75, 3.05) is 43.9 Å². The Balaban J connectivity index is 0.000000184. The minimum atomic E-state index is -4.45. The van der Waals surface area contributed by atoms with Crippen molar-refractivity contribution in [2.24, 2.45) is 0 Å². The van der Waals surface area contributed by atoms with E-state index in [9.17, 15) is 26.3 Å². The molecule has 0 aliphatic carbocycles. The summed E-state index contributed by atoms with van der Waals surface area (Å²) in [6, 6.07) is 37.5. The molecule has 4 aromatic carbocycles. The zero-order valence-corrected chi connectivity index (χ0v) is 41.6. The van der Waals surface area contributed by atoms with Gasteiger partial charge in [0, 0.05) is 35.4 Å². The standard InChI is InChI=1S/C29H29F3N6.C28H27F3N6/c1-19(20-7-4-3-5-8-20)34-28-33-14-11-25(35-28)27-24(22-9-6-10-23(17-22)29(30,31)32)18-26(36-37-27)21-12-15-38(2)16-13-21;1-18(19-6-3-2-4-7-19)34-27-33-15-12-24(35-27)26-23(21-8-5-9-22(16-21)28(29,30)31)17-25(36-37-26)20-10-13-32-14-11-20/h3-11,14,17-19,21H,12-13,15-16H2,1-2H3,(H,33,34,35);2-9,12,15-18,20,32H,10-11,13-14H2,1H3,(H,33,34,35). The number of likely N-dealkylation sites (tertiary alicyclic amines) is 1. The zero-order valence-electron chi connectivity index (χ0n) is 41.6. The van der Waals surface area contributed by atoms with Gasteiger partial charge in [-0.1, -0.05) is 84.9 Å². The summed E-state index contributed by atoms with van der Waals surface area (Å²) >= 11 is 0. The number of hydrogen-bond acceptors (Lipinski definition) is 12. The number of halogens is 6. The first-order valence-electron chi connectivity index (χ1n) is 25.0. The van der Waals surface area contributed by atoms with Gasteiger partial charge in [-0.25, -0.2) is 19.9 Å². The molecule has 12 nitrogen and oxygen atoms in total. The van der Waals surface area contributed by atoms with Crippen molar-refractivity contribution in [3.63, 3.8) is 0 Å². The number of benzene rings is 4. The Morgan fingerprint density at radius 2 is 0.947 bits per heavy atom. The van der Waals surface area contributed by atoms with Gasteiger partial charge in [0.05, 0.1) is 46.0 Å². The number of nitrogens with zero attached hydrogens (tertiary/aromatic N) is 9. The van der Waals surface area contributed by atoms with Crippen molar-refractivity contribution < 1.29 is 26.3 Å². The van der Waals surface area contributed by atoms with Crippen LogP contribution in [0.25, 0.3) is 45.0 Å². The molecular formula is C57H56F6N12. The highest BCUT2D eigenvalue weighted by atomic mass is 19.4. The van der Waals surface area contributed by atoms with E-state index in [1.807, 2.05) is 86.6 Å². The monoisotopic (exact) mass is 1020 g/mol. The summed E-state index contributed by atoms with van der Waals surface area (Å²) in [5.41, 5.74) is 6.07. The molecule has 75 heavy (non-hydrogen) atoms. The second-order valence-electron chi connectivity index (χ2n) is 18.9. The van der Waals surface area contributed by atoms with Crippen molar-refractivity contribution in [1.82, 2.24) is 50.5 Å². The Morgan fingerprint density at radius 1 is 0.520 bits per heavy atom. The van der Waals surface area contributed by atoms with Crippen LogP contribution in [0.15, 0.2) is 146 Å². The average Bonchev–Trinajstić information content (AvgIpc) is 3.43. The molecule has 3 N–H and O–H groups in total. The second kappa shape index (κ2) is 23.2. The molecule has 386 valence electrons. The number of rotatable bonds is 12. The normalized spacial score (nSPS) is 15.6. The summed E-state index contributed by atoms with van der Waals surface area (Å²) in [4.78, 5) is 20.3. The summed E-state index contributed by atoms with van der Waals surface area (Å²) in [6.45, 7) is 7.63. The van der Waals surface area contributed by atoms with Gasteiger partial charge in [-0.3, -0.25) is 0 Å². The smallest absolute Gasteiger partial charge is 0.348 e. The Kier molecular flexibility index (Phi) is 16.2. The SMILES string of the molecule is CC(Nc1nccc(-c2nnc(C3CCN(C)CC3)cc2-c2cccc(C(F)(F)F)c2)n1)c1ccccc1.CC(Nc1nccc(-c2nnc(C3CCNCC3)cc2-c2cccc(C(F)(F)F)c2)n1)c1ccccc1. The van der Waals surface area contributed by atoms with Crippen molar-refractivity contribution in [3.8, 4) is 45.0 Å². The third-order valence-electron chi connectivity index (χ3n) is 13.6. The fourth-order valence-corrected chi connectivity index (χ4v) is 9.34. The van der Waals surface area contributed by atoms with Gasteiger partial charge < -0.3 is 20.9 Å². The first kappa shape index (κ1) is 52.2. The van der Waals surface area contributed by atoms with Crippen LogP contribution >= 0.6 is 0 Å². The molecule has 8 aromatic rings. The Hall–Kier alpha value is -7.70. The van der Waals surface area contributed by atoms with Gasteiger partial charge in [-0.05, 0) is 144 Å². The van der Waals surface area contributed by atoms with Gasteiger partial charge >= 0.3 is 12.4 Å². The van der Waals surface area contributed by atoms with Crippen LogP contribution in [0.1, 0.15) is 97.1 Å². The summed E-state index contributed by atoms with van der Waals surface area (Å²) < 4.78 is 81.3. The van der Waals surface area contributed by atoms with Gasteiger partial charge in [0.25, 0.3) is 0 Å². The fraction of sp³-hybridized carbons (Fsp3) is 0.298. The predicted octanol–water partition coefficient (Wildman–Crippen LogP) is 12.9. The van der Waals surface area contributed by atoms with Crippen LogP contribution in [0, 0.1) is 0 Å². The van der Waals surface area contributed by atoms with E-state index in [0.717, 1.165) is 98.6 Å². The number of alkyl halides is 6. The molecular weight excluding hydrogens is 967 g/mol. The molecule has 2 fully saturated rings. The van der Waals surface area contributed by atoms with E-state index in [0.29, 0.717) is 56.9 Å². The molecule has 0 bridgehead atoms. The first-order chi connectivity index (χ1) is 36.2. The lowest BCUT2D eigenvalue weighted by atomic mass is 9.91. The van der Waals surface area contributed by atoms with Crippen LogP contribution in [0.4, 0.5) is 38.2 Å². The number of nitrogens with one attached hydrogen (secondary N) is 3. The second-order valence-corrected chi connectivity index (χ2v) is 18.9. The molecule has 2 aliphatic rings. The molecule has 6 heterocycles. The van der Waals surface area contributed by atoms with Crippen LogP contribution in [0.5, 0.6) is 0 Å². The Labute approximate surface area is 431 Å². The van der Waals surface area contributed by atoms with E-state index in [1.165, 1.54) is 12.1 Å². The molecule has 0 amide bonds. The highest BCUT2D eigenvalue weighted by Gasteiger charge is 2.33. The zero-order chi connectivity index (χ0) is 52.5. The molecule has 0 spiro atoms. The highest BCUT2D eigenvalue weighted by molar-refractivity contribution is 5.81. The lowest BCUT2D eigenvalue weighted by Gasteiger charge is -2.28. The van der Waals surface area contributed by atoms with Gasteiger partial charge in [0.15, 0.2) is 0 Å². The summed E-state index contributed by atoms with van der Waals surface area (Å²) in [5.74, 6) is 1.19. The van der Waals surface area contributed by atoms with Crippen molar-refractivity contribution >= 4 is 11.9 Å². The predicted molar refractivity (Wildman–Crippen MR) is 278 cm³/mol. The lowest BCUT2D eigenvalue weighted by Crippen LogP contribution is -2.29. The maximum absolute atomic E-state index is 13.6. The third-order valence-corrected chi connectivity index (χ3v) is 13.6. The van der Waals surface area contributed by atoms with E-state index < -0.39 is 23.5 Å². The molecule has 2 saturated heterocycles. The maximum atomic E-state index is 13.6. The van der Waals surface area contributed by atoms with E-state index in [1.54, 1.807) is 36.7 Å². The highest BCUT2D eigenvalue weighted by Crippen LogP contribution is 2.39. The first-order valence-corrected chi connectivity index (χ1v) is 25.0. The molecule has 0 radical (unpaired) electrons. The van der Waals surface area contributed by atoms with Gasteiger partial charge in [0.1, 0.15) is 11.4 Å². The van der Waals surface area contributed by atoms with Crippen LogP contribution in [-0.2, 0) is 12.4 Å². The topological polar surface area (TPSA) is 142 Å². The van der Waals surface area contributed by atoms with Crippen molar-refractivity contribution in [3.05, 3.63) is 179 Å². The maximum Gasteiger partial charge on any atom is 0.416 e. The molecule has 2 aliphatic heterocycles. The van der Waals surface area contributed by atoms with E-state index in [2.05, 4.69) is 68.2 Å². The minimum absolute atomic E-state index is 0.0484. The van der Waals surface area contributed by atoms with Crippen molar-refractivity contribution in [1.29, 1.82) is 0 Å². The molecule has 10 rings (SSSR count). The largest absolute Gasteiger partial charge is 0.416 e. The average molecular weight is 1020 g/mol. The quantitative estimate of drug-likeness (QED) is 0.100. The van der Waals surface area contributed by atoms with Crippen LogP contribution < -0.4 is 16.0 Å². The molecule has 2 unspecified atom stereocenters. The van der Waals surface area contributed by atoms with E-state index >= 15 is 0 Å². The number of aromatic nitrogens is 8. The Bertz CT molecular complexity index is 3160. The van der Waals surface area contributed by atoms with E-state index in [-0.39, 0.29) is 23.9 Å². The summed E-state index contributed by atoms with van der Waals surface area (Å²) in [6.07, 6.45) is -2.03. The van der Waals surface area contributed by atoms with Gasteiger partial charge in [-0.2, -0.15) is 36.5 Å². The summed E-state index contributed by atoms with van der Waals surface area (Å²) in [5, 5.41) is 28.0. The van der Waals surface area contributed by atoms with Gasteiger partial charge in [-0.15, -0.1) is 10.2 Å². The number of piperidine rings is 2. The summed E-state index contributed by atoms with van der Waals surface area (Å²) in [7, 11) is 2.08. The van der Waals surface area contributed by atoms with Crippen LogP contribution in [0.2, 0.25) is 0 Å². The number of anilines is 2. The van der Waals surface area contributed by atoms with Gasteiger partial charge in [0.2, 0.25) is 11.9 Å². The molecule has 4 aromatic heterocycles. The third kappa shape index (κ3) is 13.2. The van der Waals surface area contributed by atoms with Crippen molar-refractivity contribution in [2.45, 2.75) is 75.8 Å². The molecule has 0 saturated carbocycles. The fourth-order valence-electron chi connectivity index (χ4n) is 9.34. The van der Waals surface area contributed by atoms with E-state index in [4.69, 9.17) is 0 Å². The Morgan fingerprint density at radius 3 is 1.37 bits per heavy atom. The number of hydrogen-bond donors (Lipinski definition) is 3. The lowest BCUT2D eigenvalue weighted by molar-refractivity contribution is -0.138. The molecule has 2 atom stereocenters. The van der Waals surface area contributed by atoms with Crippen LogP contribution in [-0.4, -0.2) is 78.5 Å². The minimum Gasteiger partial charge on any atom is -0.348 e.